The van der Waals surface area contributed by atoms with Crippen molar-refractivity contribution in [1.29, 1.82) is 5.26 Å². The Morgan fingerprint density at radius 1 is 0.950 bits per heavy atom. The Hall–Kier alpha value is -4.39. The van der Waals surface area contributed by atoms with Gasteiger partial charge in [-0.1, -0.05) is 65.7 Å². The highest BCUT2D eigenvalue weighted by molar-refractivity contribution is 5.90. The second-order valence-electron chi connectivity index (χ2n) is 9.89. The molecule has 0 amide bonds. The summed E-state index contributed by atoms with van der Waals surface area (Å²) in [5.41, 5.74) is 1.89. The van der Waals surface area contributed by atoms with Gasteiger partial charge in [-0.2, -0.15) is 5.26 Å². The number of ether oxygens (including phenoxy) is 4. The van der Waals surface area contributed by atoms with Gasteiger partial charge in [-0.15, -0.1) is 4.91 Å². The fraction of sp³-hybridized carbons (Fsp3) is 0.323. The van der Waals surface area contributed by atoms with Crippen molar-refractivity contribution >= 4 is 11.9 Å². The van der Waals surface area contributed by atoms with Crippen LogP contribution in [0.5, 0.6) is 0 Å². The Morgan fingerprint density at radius 3 is 2.08 bits per heavy atom. The number of rotatable bonds is 10. The van der Waals surface area contributed by atoms with E-state index in [0.29, 0.717) is 11.1 Å². The van der Waals surface area contributed by atoms with Gasteiger partial charge in [0.2, 0.25) is 6.04 Å². The van der Waals surface area contributed by atoms with Crippen LogP contribution in [0, 0.1) is 30.1 Å². The maximum Gasteiger partial charge on any atom is 0.338 e. The highest BCUT2D eigenvalue weighted by Gasteiger charge is 2.60. The fourth-order valence-corrected chi connectivity index (χ4v) is 4.56. The number of hydrogen-bond donors (Lipinski definition) is 0. The van der Waals surface area contributed by atoms with Crippen LogP contribution in [0.3, 0.4) is 0 Å². The van der Waals surface area contributed by atoms with Gasteiger partial charge in [0.15, 0.2) is 6.10 Å². The average Bonchev–Trinajstić information content (AvgIpc) is 3.23. The van der Waals surface area contributed by atoms with E-state index < -0.39 is 41.9 Å². The average molecular weight is 543 g/mol. The third kappa shape index (κ3) is 6.42. The number of esters is 2. The van der Waals surface area contributed by atoms with E-state index in [9.17, 15) is 19.8 Å². The van der Waals surface area contributed by atoms with Gasteiger partial charge in [-0.05, 0) is 55.8 Å². The maximum atomic E-state index is 13.2. The molecule has 0 bridgehead atoms. The van der Waals surface area contributed by atoms with Crippen LogP contribution in [0.2, 0.25) is 0 Å². The number of nitroso groups, excluding NO2 is 1. The number of benzene rings is 3. The number of nitriles is 1. The molecule has 0 aliphatic carbocycles. The summed E-state index contributed by atoms with van der Waals surface area (Å²) < 4.78 is 23.8. The molecule has 40 heavy (non-hydrogen) atoms. The molecule has 1 fully saturated rings. The second kappa shape index (κ2) is 12.6. The topological polar surface area (TPSA) is 124 Å². The van der Waals surface area contributed by atoms with Crippen LogP contribution < -0.4 is 0 Å². The molecule has 1 aliphatic rings. The predicted octanol–water partition coefficient (Wildman–Crippen LogP) is 5.09. The van der Waals surface area contributed by atoms with Crippen LogP contribution in [0.15, 0.2) is 84.0 Å². The molecule has 206 valence electrons. The molecule has 0 N–H and O–H groups in total. The second-order valence-corrected chi connectivity index (χ2v) is 9.89. The van der Waals surface area contributed by atoms with E-state index in [2.05, 4.69) is 5.18 Å². The zero-order valence-corrected chi connectivity index (χ0v) is 22.5. The van der Waals surface area contributed by atoms with Gasteiger partial charge in [0.25, 0.3) is 0 Å². The van der Waals surface area contributed by atoms with Crippen molar-refractivity contribution in [2.45, 2.75) is 57.3 Å². The van der Waals surface area contributed by atoms with Gasteiger partial charge in [-0.25, -0.2) is 9.59 Å². The first-order valence-corrected chi connectivity index (χ1v) is 12.8. The lowest BCUT2D eigenvalue weighted by atomic mass is 9.88. The molecule has 1 heterocycles. The Morgan fingerprint density at radius 2 is 1.52 bits per heavy atom. The first-order valence-electron chi connectivity index (χ1n) is 12.8. The summed E-state index contributed by atoms with van der Waals surface area (Å²) in [5, 5.41) is 12.6. The van der Waals surface area contributed by atoms with E-state index in [4.69, 9.17) is 18.9 Å². The lowest BCUT2D eigenvalue weighted by Crippen LogP contribution is -2.53. The minimum Gasteiger partial charge on any atom is -0.459 e. The van der Waals surface area contributed by atoms with Crippen LogP contribution in [0.4, 0.5) is 0 Å². The largest absolute Gasteiger partial charge is 0.459 e. The molecule has 9 nitrogen and oxygen atoms in total. The number of nitrogens with zero attached hydrogens (tertiary/aromatic N) is 2. The van der Waals surface area contributed by atoms with Gasteiger partial charge < -0.3 is 18.9 Å². The molecule has 5 atom stereocenters. The Bertz CT molecular complexity index is 1370. The van der Waals surface area contributed by atoms with Crippen molar-refractivity contribution in [3.05, 3.63) is 112 Å². The zero-order valence-electron chi connectivity index (χ0n) is 22.5. The van der Waals surface area contributed by atoms with Crippen molar-refractivity contribution in [3.63, 3.8) is 0 Å². The monoisotopic (exact) mass is 542 g/mol. The number of carbonyl (C=O) groups is 2. The van der Waals surface area contributed by atoms with Crippen LogP contribution in [-0.4, -0.2) is 48.5 Å². The quantitative estimate of drug-likeness (QED) is 0.256. The smallest absolute Gasteiger partial charge is 0.338 e. The van der Waals surface area contributed by atoms with E-state index in [1.807, 2.05) is 50.2 Å². The summed E-state index contributed by atoms with van der Waals surface area (Å²) in [6.45, 7) is 5.15. The lowest BCUT2D eigenvalue weighted by Gasteiger charge is -2.35. The first kappa shape index (κ1) is 28.6. The molecule has 0 radical (unpaired) electrons. The summed E-state index contributed by atoms with van der Waals surface area (Å²) in [7, 11) is 0. The number of carbonyl (C=O) groups excluding carboxylic acids is 2. The van der Waals surface area contributed by atoms with Crippen LogP contribution in [-0.2, 0) is 25.6 Å². The van der Waals surface area contributed by atoms with E-state index in [-0.39, 0.29) is 13.2 Å². The molecule has 1 aliphatic heterocycles. The third-order valence-electron chi connectivity index (χ3n) is 6.90. The summed E-state index contributed by atoms with van der Waals surface area (Å²) in [6.07, 6.45) is -3.41. The van der Waals surface area contributed by atoms with Crippen LogP contribution in [0.25, 0.3) is 0 Å². The summed E-state index contributed by atoms with van der Waals surface area (Å²) in [4.78, 5) is 37.6. The van der Waals surface area contributed by atoms with Crippen LogP contribution >= 0.6 is 0 Å². The molecule has 0 spiro atoms. The predicted molar refractivity (Wildman–Crippen MR) is 145 cm³/mol. The number of hydrogen-bond acceptors (Lipinski definition) is 9. The highest BCUT2D eigenvalue weighted by atomic mass is 16.6. The third-order valence-corrected chi connectivity index (χ3v) is 6.90. The molecule has 9 heteroatoms. The molecule has 0 aromatic heterocycles. The Kier molecular flexibility index (Phi) is 9.04. The maximum absolute atomic E-state index is 13.2. The lowest BCUT2D eigenvalue weighted by molar-refractivity contribution is -0.128. The normalized spacial score (nSPS) is 22.6. The molecule has 4 rings (SSSR count). The minimum atomic E-state index is -1.49. The Balaban J connectivity index is 1.64. The molecular formula is C31H30N2O7. The van der Waals surface area contributed by atoms with Crippen molar-refractivity contribution in [3.8, 4) is 6.07 Å². The molecule has 3 aromatic carbocycles. The standard InChI is InChI=1S/C31H30N2O7/c1-20-9-13-23(14-10-20)29(34)37-19-26-28(40-30(35)24-15-11-21(2)12-16-24)31(3,27(39-26)25(17-32)33-36)38-18-22-7-5-4-6-8-22/h4-16,25-28H,18-19H2,1-3H3/t25?,26?,27-,28+,31-/m0/s1. The molecular weight excluding hydrogens is 512 g/mol. The van der Waals surface area contributed by atoms with Crippen molar-refractivity contribution in [2.24, 2.45) is 5.18 Å². The first-order chi connectivity index (χ1) is 19.2. The molecule has 2 unspecified atom stereocenters. The molecule has 1 saturated heterocycles. The summed E-state index contributed by atoms with van der Waals surface area (Å²) in [6, 6.07) is 23.3. The van der Waals surface area contributed by atoms with E-state index in [0.717, 1.165) is 16.7 Å². The van der Waals surface area contributed by atoms with Crippen LogP contribution in [0.1, 0.15) is 44.3 Å². The fourth-order valence-electron chi connectivity index (χ4n) is 4.56. The Labute approximate surface area is 232 Å². The molecule has 3 aromatic rings. The molecule has 0 saturated carbocycles. The van der Waals surface area contributed by atoms with Gasteiger partial charge in [0.05, 0.1) is 23.8 Å². The van der Waals surface area contributed by atoms with Crippen molar-refractivity contribution < 1.29 is 28.5 Å². The highest BCUT2D eigenvalue weighted by Crippen LogP contribution is 2.40. The van der Waals surface area contributed by atoms with Crippen molar-refractivity contribution in [2.75, 3.05) is 6.61 Å². The minimum absolute atomic E-state index is 0.0721. The SMILES string of the molecule is Cc1ccc(C(=O)OCC2O[C@@H](C(C#N)N=O)[C@](C)(OCc3ccccc3)[C@@H]2OC(=O)c2ccc(C)cc2)cc1. The zero-order chi connectivity index (χ0) is 28.7. The van der Waals surface area contributed by atoms with Gasteiger partial charge >= 0.3 is 11.9 Å². The van der Waals surface area contributed by atoms with Gasteiger partial charge in [0, 0.05) is 0 Å². The summed E-state index contributed by atoms with van der Waals surface area (Å²) in [5.74, 6) is -1.26. The van der Waals surface area contributed by atoms with Crippen molar-refractivity contribution in [1.82, 2.24) is 0 Å². The van der Waals surface area contributed by atoms with E-state index in [1.54, 1.807) is 55.5 Å². The summed E-state index contributed by atoms with van der Waals surface area (Å²) >= 11 is 0. The number of aryl methyl sites for hydroxylation is 2. The van der Waals surface area contributed by atoms with E-state index >= 15 is 0 Å². The van der Waals surface area contributed by atoms with Gasteiger partial charge in [-0.3, -0.25) is 0 Å². The van der Waals surface area contributed by atoms with E-state index in [1.165, 1.54) is 0 Å². The van der Waals surface area contributed by atoms with Gasteiger partial charge in [0.1, 0.15) is 24.4 Å².